The number of fused-ring (bicyclic) bond motifs is 3. The molecule has 0 radical (unpaired) electrons. The van der Waals surface area contributed by atoms with Crippen LogP contribution in [0.15, 0.2) is 4.42 Å². The largest absolute Gasteiger partial charge is 0.507 e. The van der Waals surface area contributed by atoms with Gasteiger partial charge in [-0.05, 0) is 26.7 Å². The first-order chi connectivity index (χ1) is 14.5. The summed E-state index contributed by atoms with van der Waals surface area (Å²) >= 11 is 0. The lowest BCUT2D eigenvalue weighted by atomic mass is 9.90. The Labute approximate surface area is 179 Å². The molecule has 4 N–H and O–H groups in total. The fraction of sp³-hybridized carbons (Fsp3) is 0.417. The van der Waals surface area contributed by atoms with E-state index in [-0.39, 0.29) is 44.2 Å². The molecule has 2 atom stereocenters. The van der Waals surface area contributed by atoms with Crippen molar-refractivity contribution in [1.29, 1.82) is 0 Å². The van der Waals surface area contributed by atoms with E-state index < -0.39 is 46.4 Å². The first-order valence-corrected chi connectivity index (χ1v) is 10.4. The van der Waals surface area contributed by atoms with Gasteiger partial charge in [-0.25, -0.2) is 0 Å². The topological polar surface area (TPSA) is 128 Å². The van der Waals surface area contributed by atoms with Crippen LogP contribution in [0, 0.1) is 25.7 Å². The lowest BCUT2D eigenvalue weighted by Crippen LogP contribution is -2.12. The van der Waals surface area contributed by atoms with Crippen molar-refractivity contribution in [3.05, 3.63) is 22.3 Å². The van der Waals surface area contributed by atoms with Crippen molar-refractivity contribution in [3.8, 4) is 23.0 Å². The highest BCUT2D eigenvalue weighted by molar-refractivity contribution is 6.21. The van der Waals surface area contributed by atoms with E-state index in [0.717, 1.165) is 0 Å². The Balaban J connectivity index is 2.54. The van der Waals surface area contributed by atoms with Gasteiger partial charge in [0.05, 0.1) is 10.8 Å². The molecule has 0 spiro atoms. The summed E-state index contributed by atoms with van der Waals surface area (Å²) in [5.74, 6) is -3.62. The van der Waals surface area contributed by atoms with Crippen molar-refractivity contribution in [3.63, 3.8) is 0 Å². The number of aryl methyl sites for hydroxylation is 2. The minimum atomic E-state index is -0.524. The lowest BCUT2D eigenvalue weighted by Gasteiger charge is -2.15. The predicted molar refractivity (Wildman–Crippen MR) is 117 cm³/mol. The molecule has 0 saturated heterocycles. The molecule has 2 aromatic carbocycles. The first-order valence-electron chi connectivity index (χ1n) is 10.4. The van der Waals surface area contributed by atoms with E-state index in [2.05, 4.69) is 0 Å². The number of carbonyl (C=O) groups is 2. The Kier molecular flexibility index (Phi) is 5.65. The Bertz CT molecular complexity index is 1140. The van der Waals surface area contributed by atoms with Gasteiger partial charge in [0.1, 0.15) is 45.3 Å². The van der Waals surface area contributed by atoms with Crippen molar-refractivity contribution in [2.75, 3.05) is 0 Å². The van der Waals surface area contributed by atoms with Crippen LogP contribution in [0.25, 0.3) is 21.9 Å². The SMILES string of the molecule is CCC(C)C(=O)c1c(O)c(C)c2oc3c(C)c(O)c(C(=O)C(C)CC)c(O)c3c2c1O. The Hall–Kier alpha value is -3.22. The van der Waals surface area contributed by atoms with Gasteiger partial charge in [-0.1, -0.05) is 27.7 Å². The second kappa shape index (κ2) is 7.80. The van der Waals surface area contributed by atoms with Crippen LogP contribution in [0.2, 0.25) is 0 Å². The molecule has 0 fully saturated rings. The average molecular weight is 428 g/mol. The second-order valence-electron chi connectivity index (χ2n) is 8.25. The third-order valence-corrected chi connectivity index (χ3v) is 6.33. The average Bonchev–Trinajstić information content (AvgIpc) is 3.16. The maximum Gasteiger partial charge on any atom is 0.173 e. The Morgan fingerprint density at radius 2 is 1.03 bits per heavy atom. The van der Waals surface area contributed by atoms with Crippen molar-refractivity contribution in [1.82, 2.24) is 0 Å². The fourth-order valence-corrected chi connectivity index (χ4v) is 3.81. The zero-order valence-electron chi connectivity index (χ0n) is 18.6. The third-order valence-electron chi connectivity index (χ3n) is 6.33. The molecule has 0 saturated carbocycles. The van der Waals surface area contributed by atoms with Crippen LogP contribution in [0.3, 0.4) is 0 Å². The lowest BCUT2D eigenvalue weighted by molar-refractivity contribution is 0.0913. The smallest absolute Gasteiger partial charge is 0.173 e. The standard InChI is InChI=1S/C24H28O7/c1-7-9(3)17(25)15-19(27)11(5)23-13(21(15)29)14-22(30)16(18(26)10(4)8-2)20(28)12(6)24(14)31-23/h9-10,27-30H,7-8H2,1-6H3. The van der Waals surface area contributed by atoms with E-state index in [1.54, 1.807) is 13.8 Å². The molecule has 0 aliphatic heterocycles. The van der Waals surface area contributed by atoms with Gasteiger partial charge < -0.3 is 24.8 Å². The number of furan rings is 1. The monoisotopic (exact) mass is 428 g/mol. The molecule has 1 aromatic heterocycles. The summed E-state index contributed by atoms with van der Waals surface area (Å²) in [6, 6.07) is 0. The number of phenols is 4. The summed E-state index contributed by atoms with van der Waals surface area (Å²) in [6.45, 7) is 10.1. The normalized spacial score (nSPS) is 13.6. The van der Waals surface area contributed by atoms with E-state index in [9.17, 15) is 30.0 Å². The number of aromatic hydroxyl groups is 4. The van der Waals surface area contributed by atoms with Crippen molar-refractivity contribution in [2.45, 2.75) is 54.4 Å². The van der Waals surface area contributed by atoms with Crippen LogP contribution in [0.1, 0.15) is 72.4 Å². The molecular formula is C24H28O7. The zero-order chi connectivity index (χ0) is 23.4. The molecule has 2 unspecified atom stereocenters. The van der Waals surface area contributed by atoms with Crippen LogP contribution in [-0.4, -0.2) is 32.0 Å². The van der Waals surface area contributed by atoms with E-state index >= 15 is 0 Å². The minimum Gasteiger partial charge on any atom is -0.507 e. The van der Waals surface area contributed by atoms with Gasteiger partial charge in [0.15, 0.2) is 11.6 Å². The molecule has 0 aliphatic carbocycles. The third kappa shape index (κ3) is 3.10. The van der Waals surface area contributed by atoms with E-state index in [1.165, 1.54) is 13.8 Å². The number of phenolic OH excluding ortho intramolecular Hbond substituents is 4. The van der Waals surface area contributed by atoms with E-state index in [1.807, 2.05) is 13.8 Å². The maximum atomic E-state index is 12.9. The first kappa shape index (κ1) is 22.5. The van der Waals surface area contributed by atoms with Crippen molar-refractivity contribution in [2.24, 2.45) is 11.8 Å². The van der Waals surface area contributed by atoms with Gasteiger partial charge in [-0.15, -0.1) is 0 Å². The maximum absolute atomic E-state index is 12.9. The Morgan fingerprint density at radius 3 is 1.32 bits per heavy atom. The molecule has 7 nitrogen and oxygen atoms in total. The quantitative estimate of drug-likeness (QED) is 0.383. The van der Waals surface area contributed by atoms with E-state index in [4.69, 9.17) is 4.42 Å². The molecule has 0 amide bonds. The van der Waals surface area contributed by atoms with Gasteiger partial charge >= 0.3 is 0 Å². The summed E-state index contributed by atoms with van der Waals surface area (Å²) in [7, 11) is 0. The Morgan fingerprint density at radius 1 is 0.710 bits per heavy atom. The second-order valence-corrected chi connectivity index (χ2v) is 8.25. The highest BCUT2D eigenvalue weighted by Gasteiger charge is 2.33. The zero-order valence-corrected chi connectivity index (χ0v) is 18.6. The number of benzene rings is 2. The molecule has 3 rings (SSSR count). The molecule has 7 heteroatoms. The summed E-state index contributed by atoms with van der Waals surface area (Å²) in [5.41, 5.74) is 0.0599. The number of rotatable bonds is 6. The van der Waals surface area contributed by atoms with Gasteiger partial charge in [-0.3, -0.25) is 9.59 Å². The molecule has 166 valence electrons. The van der Waals surface area contributed by atoms with Gasteiger partial charge in [-0.2, -0.15) is 0 Å². The van der Waals surface area contributed by atoms with Crippen LogP contribution < -0.4 is 0 Å². The molecule has 1 heterocycles. The van der Waals surface area contributed by atoms with Crippen LogP contribution in [0.5, 0.6) is 23.0 Å². The summed E-state index contributed by atoms with van der Waals surface area (Å²) < 4.78 is 5.82. The van der Waals surface area contributed by atoms with Gasteiger partial charge in [0.25, 0.3) is 0 Å². The summed E-state index contributed by atoms with van der Waals surface area (Å²) in [5, 5.41) is 43.4. The van der Waals surface area contributed by atoms with Crippen LogP contribution in [0.4, 0.5) is 0 Å². The summed E-state index contributed by atoms with van der Waals surface area (Å²) in [6.07, 6.45) is 1.01. The molecule has 0 aliphatic rings. The van der Waals surface area contributed by atoms with Crippen molar-refractivity contribution < 1.29 is 34.4 Å². The highest BCUT2D eigenvalue weighted by Crippen LogP contribution is 2.51. The number of Topliss-reactive ketones (excluding diaryl/α,β-unsaturated/α-hetero) is 2. The molecular weight excluding hydrogens is 400 g/mol. The highest BCUT2D eigenvalue weighted by atomic mass is 16.3. The number of hydrogen-bond donors (Lipinski definition) is 4. The number of ketones is 2. The van der Waals surface area contributed by atoms with Crippen LogP contribution >= 0.6 is 0 Å². The summed E-state index contributed by atoms with van der Waals surface area (Å²) in [4.78, 5) is 25.7. The van der Waals surface area contributed by atoms with Crippen LogP contribution in [-0.2, 0) is 0 Å². The predicted octanol–water partition coefficient (Wildman–Crippen LogP) is 5.48. The van der Waals surface area contributed by atoms with E-state index in [0.29, 0.717) is 12.8 Å². The molecule has 0 bridgehead atoms. The number of hydrogen-bond acceptors (Lipinski definition) is 7. The molecule has 31 heavy (non-hydrogen) atoms. The van der Waals surface area contributed by atoms with Gasteiger partial charge in [0.2, 0.25) is 0 Å². The minimum absolute atomic E-state index is 0.0238. The van der Waals surface area contributed by atoms with Crippen molar-refractivity contribution >= 4 is 33.5 Å². The van der Waals surface area contributed by atoms with Gasteiger partial charge in [0, 0.05) is 23.0 Å². The molecule has 3 aromatic rings. The number of carbonyl (C=O) groups excluding carboxylic acids is 2. The fourth-order valence-electron chi connectivity index (χ4n) is 3.81.